The second-order valence-electron chi connectivity index (χ2n) is 7.03. The minimum atomic E-state index is -4.16. The lowest BCUT2D eigenvalue weighted by Gasteiger charge is -2.39. The van der Waals surface area contributed by atoms with Gasteiger partial charge in [0.25, 0.3) is 0 Å². The minimum Gasteiger partial charge on any atom is -0.356 e. The minimum absolute atomic E-state index is 0.243. The van der Waals surface area contributed by atoms with E-state index in [4.69, 9.17) is 0 Å². The first-order valence-electron chi connectivity index (χ1n) is 7.81. The van der Waals surface area contributed by atoms with Crippen molar-refractivity contribution in [2.45, 2.75) is 46.3 Å². The zero-order valence-corrected chi connectivity index (χ0v) is 14.3. The molecule has 0 spiro atoms. The molecule has 1 aliphatic rings. The fourth-order valence-electron chi connectivity index (χ4n) is 2.41. The number of hydrogen-bond donors (Lipinski definition) is 1. The van der Waals surface area contributed by atoms with Gasteiger partial charge in [0, 0.05) is 39.8 Å². The molecule has 130 valence electrons. The summed E-state index contributed by atoms with van der Waals surface area (Å²) in [6.07, 6.45) is -3.15. The summed E-state index contributed by atoms with van der Waals surface area (Å²) in [5.74, 6) is 0.781. The Morgan fingerprint density at radius 3 is 2.09 bits per heavy atom. The van der Waals surface area contributed by atoms with Crippen molar-refractivity contribution in [1.82, 2.24) is 15.1 Å². The van der Waals surface area contributed by atoms with Crippen molar-refractivity contribution in [3.8, 4) is 0 Å². The zero-order chi connectivity index (χ0) is 17.0. The van der Waals surface area contributed by atoms with E-state index < -0.39 is 12.2 Å². The van der Waals surface area contributed by atoms with E-state index in [9.17, 15) is 13.2 Å². The molecule has 0 amide bonds. The summed E-state index contributed by atoms with van der Waals surface area (Å²) in [5.41, 5.74) is 0.243. The average Bonchev–Trinajstić information content (AvgIpc) is 2.41. The molecule has 0 radical (unpaired) electrons. The number of halogens is 3. The topological polar surface area (TPSA) is 30.9 Å². The van der Waals surface area contributed by atoms with Gasteiger partial charge in [0.15, 0.2) is 5.96 Å². The summed E-state index contributed by atoms with van der Waals surface area (Å²) in [5, 5.41) is 3.31. The van der Waals surface area contributed by atoms with E-state index in [2.05, 4.69) is 31.1 Å². The highest BCUT2D eigenvalue weighted by molar-refractivity contribution is 5.79. The van der Waals surface area contributed by atoms with Gasteiger partial charge < -0.3 is 10.2 Å². The largest absolute Gasteiger partial charge is 0.403 e. The summed E-state index contributed by atoms with van der Waals surface area (Å²) in [4.78, 5) is 7.76. The molecule has 1 aliphatic heterocycles. The Labute approximate surface area is 131 Å². The number of alkyl halides is 3. The lowest BCUT2D eigenvalue weighted by Crippen LogP contribution is -2.56. The van der Waals surface area contributed by atoms with Crippen molar-refractivity contribution in [2.75, 3.05) is 39.8 Å². The van der Waals surface area contributed by atoms with E-state index >= 15 is 0 Å². The van der Waals surface area contributed by atoms with Crippen molar-refractivity contribution in [1.29, 1.82) is 0 Å². The maximum atomic E-state index is 12.7. The number of nitrogens with zero attached hydrogens (tertiary/aromatic N) is 3. The fourth-order valence-corrected chi connectivity index (χ4v) is 2.41. The van der Waals surface area contributed by atoms with Gasteiger partial charge in [-0.05, 0) is 18.8 Å². The van der Waals surface area contributed by atoms with Crippen molar-refractivity contribution in [3.05, 3.63) is 0 Å². The van der Waals surface area contributed by atoms with Gasteiger partial charge >= 0.3 is 6.18 Å². The molecular formula is C15H29F3N4. The predicted molar refractivity (Wildman–Crippen MR) is 84.1 cm³/mol. The summed E-state index contributed by atoms with van der Waals surface area (Å²) in [6.45, 7) is 10.5. The third kappa shape index (κ3) is 6.02. The number of guanidine groups is 1. The Kier molecular flexibility index (Phi) is 6.52. The number of aliphatic imine (C=N–C) groups is 1. The van der Waals surface area contributed by atoms with Crippen LogP contribution in [0.4, 0.5) is 13.2 Å². The molecule has 7 heteroatoms. The highest BCUT2D eigenvalue weighted by Crippen LogP contribution is 2.25. The van der Waals surface area contributed by atoms with E-state index in [1.54, 1.807) is 7.05 Å². The van der Waals surface area contributed by atoms with Crippen LogP contribution < -0.4 is 5.32 Å². The molecule has 1 rings (SSSR count). The van der Waals surface area contributed by atoms with Crippen molar-refractivity contribution < 1.29 is 13.2 Å². The first-order valence-corrected chi connectivity index (χ1v) is 7.81. The molecule has 1 unspecified atom stereocenters. The van der Waals surface area contributed by atoms with E-state index in [-0.39, 0.29) is 5.41 Å². The molecule has 0 aromatic carbocycles. The average molecular weight is 322 g/mol. The van der Waals surface area contributed by atoms with Crippen LogP contribution in [0.3, 0.4) is 0 Å². The van der Waals surface area contributed by atoms with Gasteiger partial charge in [-0.2, -0.15) is 13.2 Å². The van der Waals surface area contributed by atoms with Gasteiger partial charge in [0.1, 0.15) is 6.04 Å². The van der Waals surface area contributed by atoms with Crippen LogP contribution in [0.5, 0.6) is 0 Å². The molecule has 22 heavy (non-hydrogen) atoms. The second-order valence-corrected chi connectivity index (χ2v) is 7.03. The normalized spacial score (nSPS) is 20.2. The molecule has 1 heterocycles. The molecule has 1 saturated heterocycles. The second kappa shape index (κ2) is 7.53. The van der Waals surface area contributed by atoms with E-state index in [0.717, 1.165) is 18.9 Å². The van der Waals surface area contributed by atoms with Crippen molar-refractivity contribution in [3.63, 3.8) is 0 Å². The first-order chi connectivity index (χ1) is 10.0. The van der Waals surface area contributed by atoms with Crippen LogP contribution in [-0.2, 0) is 0 Å². The number of nitrogens with one attached hydrogen (secondary N) is 1. The summed E-state index contributed by atoms with van der Waals surface area (Å²) in [7, 11) is 1.71. The summed E-state index contributed by atoms with van der Waals surface area (Å²) in [6, 6.07) is -1.38. The van der Waals surface area contributed by atoms with Crippen molar-refractivity contribution in [2.24, 2.45) is 10.4 Å². The number of rotatable bonds is 3. The lowest BCUT2D eigenvalue weighted by molar-refractivity contribution is -0.181. The Balaban J connectivity index is 2.45. The van der Waals surface area contributed by atoms with E-state index in [1.165, 1.54) is 11.8 Å². The number of piperazine rings is 1. The van der Waals surface area contributed by atoms with E-state index in [0.29, 0.717) is 26.2 Å². The maximum absolute atomic E-state index is 12.7. The third-order valence-corrected chi connectivity index (χ3v) is 4.01. The van der Waals surface area contributed by atoms with Crippen LogP contribution in [-0.4, -0.2) is 67.7 Å². The standard InChI is InChI=1S/C15H29F3N4/c1-12(15(16,17)18)21-8-10-22(11-9-21)13(19-5)20-7-6-14(2,3)4/h12H,6-11H2,1-5H3,(H,19,20). The molecule has 1 N–H and O–H groups in total. The Bertz CT molecular complexity index is 366. The molecule has 0 aromatic rings. The van der Waals surface area contributed by atoms with Gasteiger partial charge in [-0.1, -0.05) is 20.8 Å². The van der Waals surface area contributed by atoms with Crippen molar-refractivity contribution >= 4 is 5.96 Å². The summed E-state index contributed by atoms with van der Waals surface area (Å²) < 4.78 is 38.2. The van der Waals surface area contributed by atoms with Gasteiger partial charge in [0.05, 0.1) is 0 Å². The molecule has 0 aromatic heterocycles. The SMILES string of the molecule is CN=C(NCCC(C)(C)C)N1CCN(C(C)C(F)(F)F)CC1. The van der Waals surface area contributed by atoms with Crippen LogP contribution in [0.1, 0.15) is 34.1 Å². The highest BCUT2D eigenvalue weighted by Gasteiger charge is 2.41. The molecule has 0 bridgehead atoms. The molecule has 0 saturated carbocycles. The van der Waals surface area contributed by atoms with Crippen LogP contribution >= 0.6 is 0 Å². The van der Waals surface area contributed by atoms with Crippen LogP contribution in [0.2, 0.25) is 0 Å². The molecule has 0 aliphatic carbocycles. The Hall–Kier alpha value is -0.980. The molecule has 4 nitrogen and oxygen atoms in total. The van der Waals surface area contributed by atoms with E-state index in [1.807, 2.05) is 4.90 Å². The smallest absolute Gasteiger partial charge is 0.356 e. The Morgan fingerprint density at radius 2 is 1.68 bits per heavy atom. The lowest BCUT2D eigenvalue weighted by atomic mass is 9.92. The monoisotopic (exact) mass is 322 g/mol. The molecular weight excluding hydrogens is 293 g/mol. The molecule has 1 atom stereocenters. The quantitative estimate of drug-likeness (QED) is 0.640. The van der Waals surface area contributed by atoms with Gasteiger partial charge in [-0.25, -0.2) is 0 Å². The first kappa shape index (κ1) is 19.1. The van der Waals surface area contributed by atoms with Crippen LogP contribution in [0.25, 0.3) is 0 Å². The predicted octanol–water partition coefficient (Wildman–Crippen LogP) is 2.57. The zero-order valence-electron chi connectivity index (χ0n) is 14.3. The van der Waals surface area contributed by atoms with Gasteiger partial charge in [-0.3, -0.25) is 9.89 Å². The van der Waals surface area contributed by atoms with Gasteiger partial charge in [0.2, 0.25) is 0 Å². The van der Waals surface area contributed by atoms with Gasteiger partial charge in [-0.15, -0.1) is 0 Å². The maximum Gasteiger partial charge on any atom is 0.403 e. The number of hydrogen-bond acceptors (Lipinski definition) is 2. The van der Waals surface area contributed by atoms with Crippen LogP contribution in [0, 0.1) is 5.41 Å². The fraction of sp³-hybridized carbons (Fsp3) is 0.933. The third-order valence-electron chi connectivity index (χ3n) is 4.01. The summed E-state index contributed by atoms with van der Waals surface area (Å²) >= 11 is 0. The molecule has 1 fully saturated rings. The Morgan fingerprint density at radius 1 is 1.14 bits per heavy atom. The van der Waals surface area contributed by atoms with Crippen LogP contribution in [0.15, 0.2) is 4.99 Å². The highest BCUT2D eigenvalue weighted by atomic mass is 19.4.